The lowest BCUT2D eigenvalue weighted by Gasteiger charge is -2.24. The van der Waals surface area contributed by atoms with Gasteiger partial charge in [0, 0.05) is 6.54 Å². The van der Waals surface area contributed by atoms with Gasteiger partial charge in [0.15, 0.2) is 0 Å². The van der Waals surface area contributed by atoms with Gasteiger partial charge in [-0.1, -0.05) is 60.2 Å². The standard InChI is InChI=1S/C18H22N2O/c1-14-8-10-15(11-9-14)12-13-20-17(21)18(2,19)16-6-4-3-5-7-16/h3-11H,12-13,19H2,1-2H3,(H,20,21). The molecule has 0 bridgehead atoms. The highest BCUT2D eigenvalue weighted by Crippen LogP contribution is 2.17. The second-order valence-electron chi connectivity index (χ2n) is 5.56. The highest BCUT2D eigenvalue weighted by Gasteiger charge is 2.29. The first-order chi connectivity index (χ1) is 10.00. The molecule has 0 aromatic heterocycles. The molecule has 0 saturated carbocycles. The van der Waals surface area contributed by atoms with Crippen molar-refractivity contribution in [3.05, 3.63) is 71.3 Å². The van der Waals surface area contributed by atoms with Crippen LogP contribution in [0.25, 0.3) is 0 Å². The second-order valence-corrected chi connectivity index (χ2v) is 5.56. The number of amides is 1. The Morgan fingerprint density at radius 1 is 1.10 bits per heavy atom. The summed E-state index contributed by atoms with van der Waals surface area (Å²) in [6.45, 7) is 4.39. The number of nitrogens with two attached hydrogens (primary N) is 1. The molecule has 0 aliphatic rings. The molecule has 1 unspecified atom stereocenters. The summed E-state index contributed by atoms with van der Waals surface area (Å²) >= 11 is 0. The molecule has 0 aliphatic carbocycles. The molecule has 2 rings (SSSR count). The maximum atomic E-state index is 12.3. The van der Waals surface area contributed by atoms with E-state index in [4.69, 9.17) is 5.73 Å². The molecule has 21 heavy (non-hydrogen) atoms. The summed E-state index contributed by atoms with van der Waals surface area (Å²) in [5, 5.41) is 2.92. The smallest absolute Gasteiger partial charge is 0.244 e. The molecule has 2 aromatic rings. The fourth-order valence-corrected chi connectivity index (χ4v) is 2.17. The number of rotatable bonds is 5. The fraction of sp³-hybridized carbons (Fsp3) is 0.278. The largest absolute Gasteiger partial charge is 0.354 e. The maximum Gasteiger partial charge on any atom is 0.244 e. The minimum absolute atomic E-state index is 0.152. The lowest BCUT2D eigenvalue weighted by atomic mass is 9.92. The average Bonchev–Trinajstić information content (AvgIpc) is 2.50. The molecule has 0 spiro atoms. The van der Waals surface area contributed by atoms with Crippen LogP contribution in [0.2, 0.25) is 0 Å². The molecule has 3 nitrogen and oxygen atoms in total. The Balaban J connectivity index is 1.91. The van der Waals surface area contributed by atoms with E-state index in [1.165, 1.54) is 11.1 Å². The maximum absolute atomic E-state index is 12.3. The summed E-state index contributed by atoms with van der Waals surface area (Å²) < 4.78 is 0. The van der Waals surface area contributed by atoms with E-state index in [-0.39, 0.29) is 5.91 Å². The lowest BCUT2D eigenvalue weighted by molar-refractivity contribution is -0.126. The Morgan fingerprint density at radius 2 is 1.71 bits per heavy atom. The highest BCUT2D eigenvalue weighted by molar-refractivity contribution is 5.86. The van der Waals surface area contributed by atoms with Gasteiger partial charge in [-0.15, -0.1) is 0 Å². The Kier molecular flexibility index (Phi) is 4.76. The van der Waals surface area contributed by atoms with Gasteiger partial charge in [0.25, 0.3) is 0 Å². The quantitative estimate of drug-likeness (QED) is 0.885. The van der Waals surface area contributed by atoms with Crippen molar-refractivity contribution in [2.45, 2.75) is 25.8 Å². The van der Waals surface area contributed by atoms with Gasteiger partial charge in [0.05, 0.1) is 0 Å². The van der Waals surface area contributed by atoms with Crippen molar-refractivity contribution >= 4 is 5.91 Å². The number of hydrogen-bond donors (Lipinski definition) is 2. The van der Waals surface area contributed by atoms with Crippen molar-refractivity contribution in [3.8, 4) is 0 Å². The summed E-state index contributed by atoms with van der Waals surface area (Å²) in [7, 11) is 0. The first-order valence-corrected chi connectivity index (χ1v) is 7.18. The van der Waals surface area contributed by atoms with E-state index in [9.17, 15) is 4.79 Å². The minimum atomic E-state index is -1.01. The molecule has 1 atom stereocenters. The molecule has 0 aliphatic heterocycles. The van der Waals surface area contributed by atoms with E-state index in [0.717, 1.165) is 12.0 Å². The summed E-state index contributed by atoms with van der Waals surface area (Å²) in [6, 6.07) is 17.8. The van der Waals surface area contributed by atoms with Gasteiger partial charge in [-0.25, -0.2) is 0 Å². The molecule has 1 amide bonds. The van der Waals surface area contributed by atoms with E-state index in [1.54, 1.807) is 6.92 Å². The highest BCUT2D eigenvalue weighted by atomic mass is 16.2. The predicted molar refractivity (Wildman–Crippen MR) is 85.9 cm³/mol. The Bertz CT molecular complexity index is 588. The van der Waals surface area contributed by atoms with Gasteiger partial charge in [-0.05, 0) is 31.4 Å². The van der Waals surface area contributed by atoms with Gasteiger partial charge in [0.1, 0.15) is 5.54 Å². The normalized spacial score (nSPS) is 13.5. The monoisotopic (exact) mass is 282 g/mol. The first-order valence-electron chi connectivity index (χ1n) is 7.18. The van der Waals surface area contributed by atoms with Gasteiger partial charge in [0.2, 0.25) is 5.91 Å². The summed E-state index contributed by atoms with van der Waals surface area (Å²) in [5.41, 5.74) is 8.43. The summed E-state index contributed by atoms with van der Waals surface area (Å²) in [4.78, 5) is 12.3. The molecule has 3 N–H and O–H groups in total. The van der Waals surface area contributed by atoms with Gasteiger partial charge >= 0.3 is 0 Å². The van der Waals surface area contributed by atoms with Crippen molar-refractivity contribution in [3.63, 3.8) is 0 Å². The zero-order valence-electron chi connectivity index (χ0n) is 12.6. The van der Waals surface area contributed by atoms with E-state index in [0.29, 0.717) is 6.54 Å². The SMILES string of the molecule is Cc1ccc(CCNC(=O)C(C)(N)c2ccccc2)cc1. The second kappa shape index (κ2) is 6.55. The van der Waals surface area contributed by atoms with Crippen LogP contribution in [0.4, 0.5) is 0 Å². The Labute approximate surface area is 126 Å². The molecular weight excluding hydrogens is 260 g/mol. The van der Waals surface area contributed by atoms with Crippen LogP contribution in [-0.2, 0) is 16.8 Å². The third-order valence-corrected chi connectivity index (χ3v) is 3.66. The van der Waals surface area contributed by atoms with E-state index >= 15 is 0 Å². The molecule has 110 valence electrons. The number of aryl methyl sites for hydroxylation is 1. The first kappa shape index (κ1) is 15.3. The van der Waals surface area contributed by atoms with Gasteiger partial charge in [-0.3, -0.25) is 4.79 Å². The van der Waals surface area contributed by atoms with Crippen LogP contribution in [0.3, 0.4) is 0 Å². The third-order valence-electron chi connectivity index (χ3n) is 3.66. The van der Waals surface area contributed by atoms with E-state index in [2.05, 4.69) is 36.5 Å². The summed E-state index contributed by atoms with van der Waals surface area (Å²) in [5.74, 6) is -0.152. The van der Waals surface area contributed by atoms with Crippen LogP contribution in [0.1, 0.15) is 23.6 Å². The minimum Gasteiger partial charge on any atom is -0.354 e. The van der Waals surface area contributed by atoms with E-state index < -0.39 is 5.54 Å². The zero-order valence-corrected chi connectivity index (χ0v) is 12.6. The van der Waals surface area contributed by atoms with Crippen LogP contribution in [0.15, 0.2) is 54.6 Å². The Morgan fingerprint density at radius 3 is 2.33 bits per heavy atom. The lowest BCUT2D eigenvalue weighted by Crippen LogP contribution is -2.49. The molecule has 2 aromatic carbocycles. The molecule has 0 saturated heterocycles. The number of carbonyl (C=O) groups is 1. The number of carbonyl (C=O) groups excluding carboxylic acids is 1. The fourth-order valence-electron chi connectivity index (χ4n) is 2.17. The van der Waals surface area contributed by atoms with Crippen molar-refractivity contribution < 1.29 is 4.79 Å². The van der Waals surface area contributed by atoms with Crippen molar-refractivity contribution in [1.29, 1.82) is 0 Å². The van der Waals surface area contributed by atoms with Crippen LogP contribution >= 0.6 is 0 Å². The van der Waals surface area contributed by atoms with Crippen LogP contribution < -0.4 is 11.1 Å². The van der Waals surface area contributed by atoms with Crippen molar-refractivity contribution in [1.82, 2.24) is 5.32 Å². The molecule has 0 fully saturated rings. The number of nitrogens with one attached hydrogen (secondary N) is 1. The predicted octanol–water partition coefficient (Wildman–Crippen LogP) is 2.53. The van der Waals surface area contributed by atoms with Crippen LogP contribution in [-0.4, -0.2) is 12.5 Å². The molecule has 0 heterocycles. The topological polar surface area (TPSA) is 55.1 Å². The zero-order chi connectivity index (χ0) is 15.3. The van der Waals surface area contributed by atoms with E-state index in [1.807, 2.05) is 30.3 Å². The van der Waals surface area contributed by atoms with Crippen molar-refractivity contribution in [2.24, 2.45) is 5.73 Å². The third kappa shape index (κ3) is 3.92. The van der Waals surface area contributed by atoms with Crippen LogP contribution in [0, 0.1) is 6.92 Å². The number of hydrogen-bond acceptors (Lipinski definition) is 2. The molecule has 0 radical (unpaired) electrons. The molecule has 3 heteroatoms. The Hall–Kier alpha value is -2.13. The van der Waals surface area contributed by atoms with Gasteiger partial charge < -0.3 is 11.1 Å². The molecular formula is C18H22N2O. The van der Waals surface area contributed by atoms with Crippen LogP contribution in [0.5, 0.6) is 0 Å². The average molecular weight is 282 g/mol. The summed E-state index contributed by atoms with van der Waals surface area (Å²) in [6.07, 6.45) is 0.802. The van der Waals surface area contributed by atoms with Gasteiger partial charge in [-0.2, -0.15) is 0 Å². The number of benzene rings is 2. The van der Waals surface area contributed by atoms with Crippen molar-refractivity contribution in [2.75, 3.05) is 6.54 Å².